The van der Waals surface area contributed by atoms with Gasteiger partial charge in [0, 0.05) is 45.0 Å². The quantitative estimate of drug-likeness (QED) is 0.556. The molecule has 0 bridgehead atoms. The molecule has 4 rings (SSSR count). The van der Waals surface area contributed by atoms with Gasteiger partial charge < -0.3 is 24.3 Å². The lowest BCUT2D eigenvalue weighted by molar-refractivity contribution is 0.0657. The largest absolute Gasteiger partial charge is 0.477 e. The zero-order chi connectivity index (χ0) is 20.8. The van der Waals surface area contributed by atoms with Crippen molar-refractivity contribution in [2.24, 2.45) is 10.9 Å². The van der Waals surface area contributed by atoms with E-state index in [1.165, 1.54) is 19.1 Å². The Bertz CT molecular complexity index is 855. The lowest BCUT2D eigenvalue weighted by Gasteiger charge is -2.36. The molecule has 0 radical (unpaired) electrons. The fraction of sp³-hybridized carbons (Fsp3) is 0.500. The molecule has 2 fully saturated rings. The summed E-state index contributed by atoms with van der Waals surface area (Å²) in [7, 11) is 0. The number of rotatable bonds is 7. The molecule has 2 aromatic rings. The van der Waals surface area contributed by atoms with Crippen LogP contribution in [0, 0.1) is 5.92 Å². The number of piperazine rings is 1. The third-order valence-corrected chi connectivity index (χ3v) is 5.31. The van der Waals surface area contributed by atoms with E-state index in [0.29, 0.717) is 37.2 Å². The van der Waals surface area contributed by atoms with Crippen LogP contribution in [0.1, 0.15) is 35.9 Å². The van der Waals surface area contributed by atoms with Crippen molar-refractivity contribution < 1.29 is 13.9 Å². The van der Waals surface area contributed by atoms with Crippen LogP contribution < -0.4 is 10.1 Å². The number of nitrogens with one attached hydrogen (secondary N) is 1. The van der Waals surface area contributed by atoms with Crippen molar-refractivity contribution in [3.8, 4) is 5.88 Å². The van der Waals surface area contributed by atoms with Gasteiger partial charge in [-0.1, -0.05) is 0 Å². The second-order valence-corrected chi connectivity index (χ2v) is 7.68. The highest BCUT2D eigenvalue weighted by atomic mass is 16.5. The minimum absolute atomic E-state index is 0.0582. The van der Waals surface area contributed by atoms with Crippen LogP contribution in [0.3, 0.4) is 0 Å². The smallest absolute Gasteiger partial charge is 0.289 e. The summed E-state index contributed by atoms with van der Waals surface area (Å²) in [4.78, 5) is 25.6. The number of hydrogen-bond donors (Lipinski definition) is 1. The number of amides is 1. The van der Waals surface area contributed by atoms with E-state index in [0.717, 1.165) is 37.8 Å². The van der Waals surface area contributed by atoms with Gasteiger partial charge in [-0.05, 0) is 49.4 Å². The Morgan fingerprint density at radius 1 is 1.27 bits per heavy atom. The number of ether oxygens (including phenoxy) is 1. The van der Waals surface area contributed by atoms with Crippen LogP contribution in [-0.2, 0) is 6.54 Å². The maximum Gasteiger partial charge on any atom is 0.289 e. The number of aromatic nitrogens is 1. The first-order chi connectivity index (χ1) is 14.7. The van der Waals surface area contributed by atoms with E-state index >= 15 is 0 Å². The lowest BCUT2D eigenvalue weighted by atomic mass is 10.2. The number of carbonyl (C=O) groups excluding carboxylic acids is 1. The van der Waals surface area contributed by atoms with Crippen molar-refractivity contribution in [3.63, 3.8) is 0 Å². The topological polar surface area (TPSA) is 83.2 Å². The van der Waals surface area contributed by atoms with Crippen molar-refractivity contribution in [3.05, 3.63) is 48.0 Å². The van der Waals surface area contributed by atoms with Crippen LogP contribution in [0.25, 0.3) is 0 Å². The molecule has 1 aliphatic carbocycles. The number of pyridine rings is 1. The van der Waals surface area contributed by atoms with E-state index < -0.39 is 0 Å². The number of aliphatic imine (C=N–C) groups is 1. The molecule has 0 unspecified atom stereocenters. The Morgan fingerprint density at radius 3 is 2.77 bits per heavy atom. The molecule has 8 heteroatoms. The predicted molar refractivity (Wildman–Crippen MR) is 113 cm³/mol. The van der Waals surface area contributed by atoms with E-state index in [4.69, 9.17) is 14.1 Å². The molecule has 0 atom stereocenters. The molecule has 1 amide bonds. The molecular weight excluding hydrogens is 382 g/mol. The van der Waals surface area contributed by atoms with Crippen LogP contribution >= 0.6 is 0 Å². The molecule has 0 aromatic carbocycles. The summed E-state index contributed by atoms with van der Waals surface area (Å²) >= 11 is 0. The Morgan fingerprint density at radius 2 is 2.07 bits per heavy atom. The normalized spacial score (nSPS) is 17.2. The van der Waals surface area contributed by atoms with Gasteiger partial charge in [0.1, 0.15) is 0 Å². The maximum absolute atomic E-state index is 12.5. The number of guanidine groups is 1. The number of carbonyl (C=O) groups is 1. The van der Waals surface area contributed by atoms with Gasteiger partial charge in [-0.2, -0.15) is 0 Å². The second-order valence-electron chi connectivity index (χ2n) is 7.68. The van der Waals surface area contributed by atoms with Gasteiger partial charge in [0.25, 0.3) is 5.91 Å². The third kappa shape index (κ3) is 5.31. The van der Waals surface area contributed by atoms with E-state index in [-0.39, 0.29) is 5.91 Å². The molecule has 1 saturated carbocycles. The van der Waals surface area contributed by atoms with Gasteiger partial charge in [0.05, 0.1) is 19.4 Å². The zero-order valence-corrected chi connectivity index (χ0v) is 17.4. The summed E-state index contributed by atoms with van der Waals surface area (Å²) in [6.45, 7) is 6.88. The average molecular weight is 412 g/mol. The second kappa shape index (κ2) is 9.65. The van der Waals surface area contributed by atoms with Gasteiger partial charge in [-0.25, -0.2) is 9.98 Å². The summed E-state index contributed by atoms with van der Waals surface area (Å²) < 4.78 is 11.0. The molecule has 8 nitrogen and oxygen atoms in total. The van der Waals surface area contributed by atoms with Crippen molar-refractivity contribution in [2.75, 3.05) is 39.3 Å². The molecule has 2 aliphatic rings. The van der Waals surface area contributed by atoms with Crippen molar-refractivity contribution in [1.82, 2.24) is 20.1 Å². The van der Waals surface area contributed by atoms with Crippen molar-refractivity contribution >= 4 is 11.9 Å². The van der Waals surface area contributed by atoms with Gasteiger partial charge >= 0.3 is 0 Å². The minimum Gasteiger partial charge on any atom is -0.477 e. The van der Waals surface area contributed by atoms with Crippen LogP contribution in [0.4, 0.5) is 0 Å². The van der Waals surface area contributed by atoms with Crippen molar-refractivity contribution in [1.29, 1.82) is 0 Å². The summed E-state index contributed by atoms with van der Waals surface area (Å²) in [5.74, 6) is 2.57. The monoisotopic (exact) mass is 411 g/mol. The predicted octanol–water partition coefficient (Wildman–Crippen LogP) is 2.39. The van der Waals surface area contributed by atoms with Gasteiger partial charge in [-0.3, -0.25) is 4.79 Å². The number of furan rings is 1. The third-order valence-electron chi connectivity index (χ3n) is 5.31. The van der Waals surface area contributed by atoms with E-state index in [1.807, 2.05) is 17.0 Å². The highest BCUT2D eigenvalue weighted by Crippen LogP contribution is 2.29. The fourth-order valence-corrected chi connectivity index (χ4v) is 3.38. The summed E-state index contributed by atoms with van der Waals surface area (Å²) in [6.07, 6.45) is 5.83. The summed E-state index contributed by atoms with van der Waals surface area (Å²) in [5, 5.41) is 3.36. The first-order valence-corrected chi connectivity index (χ1v) is 10.7. The van der Waals surface area contributed by atoms with Crippen molar-refractivity contribution in [2.45, 2.75) is 26.3 Å². The molecule has 1 saturated heterocycles. The number of nitrogens with zero attached hydrogens (tertiary/aromatic N) is 4. The highest BCUT2D eigenvalue weighted by Gasteiger charge is 2.25. The summed E-state index contributed by atoms with van der Waals surface area (Å²) in [5.41, 5.74) is 1.07. The van der Waals surface area contributed by atoms with Crippen LogP contribution in [0.5, 0.6) is 5.88 Å². The maximum atomic E-state index is 12.5. The Labute approximate surface area is 176 Å². The van der Waals surface area contributed by atoms with Crippen LogP contribution in [0.15, 0.2) is 46.1 Å². The molecule has 30 heavy (non-hydrogen) atoms. The summed E-state index contributed by atoms with van der Waals surface area (Å²) in [6, 6.07) is 7.38. The van der Waals surface area contributed by atoms with Crippen LogP contribution in [-0.4, -0.2) is 66.0 Å². The molecular formula is C22H29N5O3. The average Bonchev–Trinajstić information content (AvgIpc) is 3.46. The van der Waals surface area contributed by atoms with E-state index in [2.05, 4.69) is 22.1 Å². The van der Waals surface area contributed by atoms with Crippen LogP contribution in [0.2, 0.25) is 0 Å². The van der Waals surface area contributed by atoms with Gasteiger partial charge in [0.15, 0.2) is 11.7 Å². The lowest BCUT2D eigenvalue weighted by Crippen LogP contribution is -2.53. The molecule has 2 aromatic heterocycles. The van der Waals surface area contributed by atoms with Gasteiger partial charge in [0.2, 0.25) is 5.88 Å². The van der Waals surface area contributed by atoms with E-state index in [9.17, 15) is 4.79 Å². The Kier molecular flexibility index (Phi) is 6.51. The highest BCUT2D eigenvalue weighted by molar-refractivity contribution is 5.91. The first-order valence-electron chi connectivity index (χ1n) is 10.7. The molecule has 3 heterocycles. The molecule has 1 N–H and O–H groups in total. The molecule has 1 aliphatic heterocycles. The first kappa shape index (κ1) is 20.3. The minimum atomic E-state index is -0.0582. The Balaban J connectivity index is 1.33. The Hall–Kier alpha value is -3.03. The standard InChI is InChI=1S/C22H29N5O3/c1-2-23-22(25-15-18-7-8-24-20(14-18)30-16-17-5-6-17)27-11-9-26(10-12-27)21(28)19-4-3-13-29-19/h3-4,7-8,13-14,17H,2,5-6,9-12,15-16H2,1H3,(H,23,25). The fourth-order valence-electron chi connectivity index (χ4n) is 3.38. The molecule has 160 valence electrons. The zero-order valence-electron chi connectivity index (χ0n) is 17.4. The number of hydrogen-bond acceptors (Lipinski definition) is 5. The SMILES string of the molecule is CCNC(=NCc1ccnc(OCC2CC2)c1)N1CCN(C(=O)c2ccco2)CC1. The van der Waals surface area contributed by atoms with Gasteiger partial charge in [-0.15, -0.1) is 0 Å². The molecule has 0 spiro atoms. The van der Waals surface area contributed by atoms with E-state index in [1.54, 1.807) is 18.3 Å².